The van der Waals surface area contributed by atoms with Crippen LogP contribution in [0.4, 0.5) is 5.82 Å². The molecule has 0 amide bonds. The Morgan fingerprint density at radius 3 is 2.86 bits per heavy atom. The quantitative estimate of drug-likeness (QED) is 0.697. The summed E-state index contributed by atoms with van der Waals surface area (Å²) in [5.41, 5.74) is -0.557. The molecule has 2 N–H and O–H groups in total. The largest absolute Gasteiger partial charge is 0.489 e. The number of carbonyl (C=O) groups is 1. The van der Waals surface area contributed by atoms with E-state index in [0.29, 0.717) is 0 Å². The maximum atomic E-state index is 11.7. The van der Waals surface area contributed by atoms with Crippen LogP contribution in [0.3, 0.4) is 0 Å². The second kappa shape index (κ2) is 5.72. The van der Waals surface area contributed by atoms with Crippen molar-refractivity contribution in [3.63, 3.8) is 0 Å². The van der Waals surface area contributed by atoms with Crippen molar-refractivity contribution in [1.29, 1.82) is 0 Å². The summed E-state index contributed by atoms with van der Waals surface area (Å²) in [5.74, 6) is -1.44. The number of anilines is 1. The predicted octanol–water partition coefficient (Wildman–Crippen LogP) is -1.14. The normalized spacial score (nSPS) is 20.1. The first kappa shape index (κ1) is 15.3. The number of aromatic amines is 1. The standard InChI is InChI=1S/C11H15N3O6S/c1-20-9-10(12-6-13-11(9)17)14(4-8(15)16)7-2-3-21(18,19)5-7/h6-7H,2-5H2,1H3,(H,15,16)(H,12,13,17). The van der Waals surface area contributed by atoms with Gasteiger partial charge in [0.05, 0.1) is 24.9 Å². The molecule has 1 aliphatic heterocycles. The first-order valence-corrected chi connectivity index (χ1v) is 7.96. The Morgan fingerprint density at radius 1 is 1.62 bits per heavy atom. The van der Waals surface area contributed by atoms with Gasteiger partial charge in [-0.3, -0.25) is 9.59 Å². The summed E-state index contributed by atoms with van der Waals surface area (Å²) in [4.78, 5) is 30.3. The number of H-pyrrole nitrogens is 1. The summed E-state index contributed by atoms with van der Waals surface area (Å²) < 4.78 is 28.1. The van der Waals surface area contributed by atoms with Gasteiger partial charge >= 0.3 is 5.97 Å². The molecule has 0 radical (unpaired) electrons. The van der Waals surface area contributed by atoms with Gasteiger partial charge in [0, 0.05) is 6.04 Å². The topological polar surface area (TPSA) is 130 Å². The van der Waals surface area contributed by atoms with Gasteiger partial charge in [-0.05, 0) is 6.42 Å². The molecule has 0 spiro atoms. The van der Waals surface area contributed by atoms with Gasteiger partial charge in [0.2, 0.25) is 5.75 Å². The molecule has 2 heterocycles. The summed E-state index contributed by atoms with van der Waals surface area (Å²) in [6.45, 7) is -0.465. The molecule has 2 rings (SSSR count). The van der Waals surface area contributed by atoms with Crippen LogP contribution >= 0.6 is 0 Å². The third kappa shape index (κ3) is 3.32. The van der Waals surface area contributed by atoms with Gasteiger partial charge in [-0.15, -0.1) is 0 Å². The molecule has 0 saturated carbocycles. The highest BCUT2D eigenvalue weighted by Gasteiger charge is 2.35. The van der Waals surface area contributed by atoms with Crippen molar-refractivity contribution in [3.05, 3.63) is 16.7 Å². The minimum atomic E-state index is -3.20. The third-order valence-electron chi connectivity index (χ3n) is 3.22. The first-order chi connectivity index (χ1) is 9.84. The van der Waals surface area contributed by atoms with Crippen LogP contribution in [-0.2, 0) is 14.6 Å². The lowest BCUT2D eigenvalue weighted by Gasteiger charge is -2.28. The Bertz CT molecular complexity index is 698. The number of hydrogen-bond acceptors (Lipinski definition) is 7. The van der Waals surface area contributed by atoms with E-state index in [2.05, 4.69) is 9.97 Å². The Hall–Kier alpha value is -2.10. The van der Waals surface area contributed by atoms with Gasteiger partial charge in [0.25, 0.3) is 5.56 Å². The average Bonchev–Trinajstić information content (AvgIpc) is 2.75. The van der Waals surface area contributed by atoms with Crippen LogP contribution in [0.2, 0.25) is 0 Å². The van der Waals surface area contributed by atoms with Crippen LogP contribution < -0.4 is 15.2 Å². The van der Waals surface area contributed by atoms with E-state index in [1.54, 1.807) is 0 Å². The number of nitrogens with zero attached hydrogens (tertiary/aromatic N) is 2. The zero-order chi connectivity index (χ0) is 15.6. The van der Waals surface area contributed by atoms with E-state index in [9.17, 15) is 18.0 Å². The molecule has 9 nitrogen and oxygen atoms in total. The summed E-state index contributed by atoms with van der Waals surface area (Å²) >= 11 is 0. The first-order valence-electron chi connectivity index (χ1n) is 6.14. The van der Waals surface area contributed by atoms with Crippen molar-refractivity contribution < 1.29 is 23.1 Å². The van der Waals surface area contributed by atoms with E-state index in [-0.39, 0.29) is 29.5 Å². The molecule has 0 aliphatic carbocycles. The molecule has 10 heteroatoms. The monoisotopic (exact) mass is 317 g/mol. The Labute approximate surface area is 120 Å². The van der Waals surface area contributed by atoms with Gasteiger partial charge in [0.1, 0.15) is 6.54 Å². The number of ether oxygens (including phenoxy) is 1. The number of methoxy groups -OCH3 is 1. The Balaban J connectivity index is 2.44. The lowest BCUT2D eigenvalue weighted by atomic mass is 10.2. The molecule has 0 aromatic carbocycles. The lowest BCUT2D eigenvalue weighted by molar-refractivity contribution is -0.135. The van der Waals surface area contributed by atoms with E-state index in [4.69, 9.17) is 9.84 Å². The number of carboxylic acid groups (broad SMARTS) is 1. The molecule has 1 atom stereocenters. The summed E-state index contributed by atoms with van der Waals surface area (Å²) in [7, 11) is -1.94. The van der Waals surface area contributed by atoms with Crippen LogP contribution in [-0.4, -0.2) is 60.7 Å². The van der Waals surface area contributed by atoms with Gasteiger partial charge in [-0.2, -0.15) is 0 Å². The summed E-state index contributed by atoms with van der Waals surface area (Å²) in [5, 5.41) is 9.02. The van der Waals surface area contributed by atoms with Gasteiger partial charge < -0.3 is 19.7 Å². The molecule has 1 saturated heterocycles. The molecule has 116 valence electrons. The minimum Gasteiger partial charge on any atom is -0.489 e. The molecule has 21 heavy (non-hydrogen) atoms. The highest BCUT2D eigenvalue weighted by molar-refractivity contribution is 7.91. The zero-order valence-corrected chi connectivity index (χ0v) is 12.1. The molecular weight excluding hydrogens is 302 g/mol. The average molecular weight is 317 g/mol. The van der Waals surface area contributed by atoms with Crippen LogP contribution in [0, 0.1) is 0 Å². The second-order valence-corrected chi connectivity index (χ2v) is 6.90. The molecule has 1 aliphatic rings. The molecule has 1 aromatic rings. The van der Waals surface area contributed by atoms with E-state index in [1.807, 2.05) is 0 Å². The van der Waals surface area contributed by atoms with Crippen molar-refractivity contribution in [2.75, 3.05) is 30.1 Å². The molecule has 1 fully saturated rings. The SMILES string of the molecule is COc1c(N(CC(=O)O)C2CCS(=O)(=O)C2)nc[nH]c1=O. The van der Waals surface area contributed by atoms with Crippen LogP contribution in [0.5, 0.6) is 5.75 Å². The zero-order valence-electron chi connectivity index (χ0n) is 11.3. The van der Waals surface area contributed by atoms with Crippen LogP contribution in [0.1, 0.15) is 6.42 Å². The Morgan fingerprint density at radius 2 is 2.33 bits per heavy atom. The van der Waals surface area contributed by atoms with Gasteiger partial charge in [-0.1, -0.05) is 0 Å². The van der Waals surface area contributed by atoms with E-state index in [0.717, 1.165) is 6.33 Å². The number of aromatic nitrogens is 2. The van der Waals surface area contributed by atoms with Gasteiger partial charge in [0.15, 0.2) is 15.7 Å². The van der Waals surface area contributed by atoms with Crippen LogP contribution in [0.25, 0.3) is 0 Å². The maximum Gasteiger partial charge on any atom is 0.323 e. The van der Waals surface area contributed by atoms with Crippen molar-refractivity contribution in [2.24, 2.45) is 0 Å². The summed E-state index contributed by atoms with van der Waals surface area (Å²) in [6.07, 6.45) is 1.41. The number of hydrogen-bond donors (Lipinski definition) is 2. The fourth-order valence-electron chi connectivity index (χ4n) is 2.31. The number of rotatable bonds is 5. The van der Waals surface area contributed by atoms with Gasteiger partial charge in [-0.25, -0.2) is 13.4 Å². The second-order valence-electron chi connectivity index (χ2n) is 4.67. The number of sulfone groups is 1. The molecular formula is C11H15N3O6S. The number of carboxylic acids is 1. The summed E-state index contributed by atoms with van der Waals surface area (Å²) in [6, 6.07) is -0.547. The minimum absolute atomic E-state index is 0.0146. The van der Waals surface area contributed by atoms with Crippen molar-refractivity contribution in [1.82, 2.24) is 9.97 Å². The third-order valence-corrected chi connectivity index (χ3v) is 4.97. The Kier molecular flexibility index (Phi) is 4.16. The smallest absolute Gasteiger partial charge is 0.323 e. The fraction of sp³-hybridized carbons (Fsp3) is 0.545. The maximum absolute atomic E-state index is 11.7. The number of aliphatic carboxylic acids is 1. The highest BCUT2D eigenvalue weighted by Crippen LogP contribution is 2.27. The van der Waals surface area contributed by atoms with Crippen molar-refractivity contribution >= 4 is 21.6 Å². The van der Waals surface area contributed by atoms with E-state index < -0.39 is 34.0 Å². The lowest BCUT2D eigenvalue weighted by Crippen LogP contribution is -2.41. The number of nitrogens with one attached hydrogen (secondary N) is 1. The van der Waals surface area contributed by atoms with E-state index >= 15 is 0 Å². The van der Waals surface area contributed by atoms with Crippen molar-refractivity contribution in [2.45, 2.75) is 12.5 Å². The molecule has 1 aromatic heterocycles. The van der Waals surface area contributed by atoms with Crippen LogP contribution in [0.15, 0.2) is 11.1 Å². The highest BCUT2D eigenvalue weighted by atomic mass is 32.2. The van der Waals surface area contributed by atoms with Crippen molar-refractivity contribution in [3.8, 4) is 5.75 Å². The van der Waals surface area contributed by atoms with E-state index in [1.165, 1.54) is 12.0 Å². The molecule has 1 unspecified atom stereocenters. The predicted molar refractivity (Wildman–Crippen MR) is 73.5 cm³/mol. The molecule has 0 bridgehead atoms. The fourth-order valence-corrected chi connectivity index (χ4v) is 4.04.